The maximum atomic E-state index is 12.7. The molecule has 0 aliphatic rings. The number of Topliss-reactive ketones (excluding diaryl/α,β-unsaturated/α-hetero) is 1. The van der Waals surface area contributed by atoms with E-state index in [1.54, 1.807) is 24.3 Å². The number of nitrogens with one attached hydrogen (secondary N) is 1. The standard InChI is InChI=1S/C23H25BrN4O2S2/c1-4-11-28-21(18(13-15(2)3)25-22(30)20-6-5-12-31-20)26-27-23(28)32-14-19(29)16-7-9-17(24)10-8-16/h4-10,12,15,18H,1,11,13-14H2,2-3H3,(H,25,30)/t18-/m0/s1. The molecule has 1 N–H and O–H groups in total. The van der Waals surface area contributed by atoms with E-state index in [2.05, 4.69) is 51.9 Å². The fourth-order valence-corrected chi connectivity index (χ4v) is 4.89. The normalized spacial score (nSPS) is 12.0. The summed E-state index contributed by atoms with van der Waals surface area (Å²) in [7, 11) is 0. The summed E-state index contributed by atoms with van der Waals surface area (Å²) in [5.74, 6) is 1.14. The van der Waals surface area contributed by atoms with E-state index >= 15 is 0 Å². The number of hydrogen-bond acceptors (Lipinski definition) is 6. The van der Waals surface area contributed by atoms with Crippen molar-refractivity contribution in [2.24, 2.45) is 5.92 Å². The first-order valence-corrected chi connectivity index (χ1v) is 12.8. The van der Waals surface area contributed by atoms with Crippen LogP contribution in [0.4, 0.5) is 0 Å². The Bertz CT molecular complexity index is 1060. The van der Waals surface area contributed by atoms with E-state index < -0.39 is 0 Å². The van der Waals surface area contributed by atoms with Gasteiger partial charge in [-0.15, -0.1) is 28.1 Å². The maximum absolute atomic E-state index is 12.7. The fraction of sp³-hybridized carbons (Fsp3) is 0.304. The Kier molecular flexibility index (Phi) is 8.84. The van der Waals surface area contributed by atoms with Crippen LogP contribution in [-0.4, -0.2) is 32.2 Å². The molecule has 0 saturated carbocycles. The number of allylic oxidation sites excluding steroid dienone is 1. The quantitative estimate of drug-likeness (QED) is 0.192. The monoisotopic (exact) mass is 532 g/mol. The van der Waals surface area contributed by atoms with E-state index in [0.29, 0.717) is 33.9 Å². The molecule has 32 heavy (non-hydrogen) atoms. The summed E-state index contributed by atoms with van der Waals surface area (Å²) in [6.07, 6.45) is 2.48. The molecule has 0 aliphatic heterocycles. The van der Waals surface area contributed by atoms with Gasteiger partial charge in [-0.1, -0.05) is 65.8 Å². The number of thioether (sulfide) groups is 1. The first kappa shape index (κ1) is 24.4. The number of ketones is 1. The van der Waals surface area contributed by atoms with Crippen LogP contribution in [0.3, 0.4) is 0 Å². The summed E-state index contributed by atoms with van der Waals surface area (Å²) in [6.45, 7) is 8.54. The zero-order chi connectivity index (χ0) is 23.1. The number of nitrogens with zero attached hydrogens (tertiary/aromatic N) is 3. The topological polar surface area (TPSA) is 76.9 Å². The van der Waals surface area contributed by atoms with Crippen LogP contribution >= 0.6 is 39.0 Å². The second kappa shape index (κ2) is 11.6. The van der Waals surface area contributed by atoms with Gasteiger partial charge in [-0.2, -0.15) is 0 Å². The lowest BCUT2D eigenvalue weighted by Crippen LogP contribution is -2.31. The fourth-order valence-electron chi connectivity index (χ4n) is 3.15. The molecule has 6 nitrogen and oxygen atoms in total. The van der Waals surface area contributed by atoms with Crippen LogP contribution in [0.5, 0.6) is 0 Å². The number of carbonyl (C=O) groups is 2. The average Bonchev–Trinajstić information content (AvgIpc) is 3.42. The Labute approximate surface area is 204 Å². The summed E-state index contributed by atoms with van der Waals surface area (Å²) in [4.78, 5) is 26.0. The minimum absolute atomic E-state index is 0.0157. The van der Waals surface area contributed by atoms with Crippen LogP contribution in [0, 0.1) is 5.92 Å². The molecule has 1 amide bonds. The van der Waals surface area contributed by atoms with E-state index in [1.807, 2.05) is 28.1 Å². The molecular formula is C23H25BrN4O2S2. The highest BCUT2D eigenvalue weighted by atomic mass is 79.9. The first-order chi connectivity index (χ1) is 15.4. The van der Waals surface area contributed by atoms with E-state index in [9.17, 15) is 9.59 Å². The van der Waals surface area contributed by atoms with Gasteiger partial charge in [0, 0.05) is 16.6 Å². The zero-order valence-electron chi connectivity index (χ0n) is 18.0. The predicted molar refractivity (Wildman–Crippen MR) is 133 cm³/mol. The lowest BCUT2D eigenvalue weighted by molar-refractivity contribution is 0.0932. The summed E-state index contributed by atoms with van der Waals surface area (Å²) in [6, 6.07) is 10.7. The highest BCUT2D eigenvalue weighted by Crippen LogP contribution is 2.26. The molecule has 2 heterocycles. The number of halogens is 1. The summed E-state index contributed by atoms with van der Waals surface area (Å²) in [5.41, 5.74) is 0.650. The van der Waals surface area contributed by atoms with Gasteiger partial charge in [-0.3, -0.25) is 9.59 Å². The number of carbonyl (C=O) groups excluding carboxylic acids is 2. The van der Waals surface area contributed by atoms with Gasteiger partial charge in [-0.05, 0) is 35.9 Å². The highest BCUT2D eigenvalue weighted by Gasteiger charge is 2.25. The third-order valence-electron chi connectivity index (χ3n) is 4.62. The molecule has 0 unspecified atom stereocenters. The molecular weight excluding hydrogens is 508 g/mol. The number of thiophene rings is 1. The van der Waals surface area contributed by atoms with Gasteiger partial charge in [0.25, 0.3) is 5.91 Å². The molecule has 1 aromatic carbocycles. The number of amides is 1. The van der Waals surface area contributed by atoms with Crippen molar-refractivity contribution in [3.63, 3.8) is 0 Å². The molecule has 0 saturated heterocycles. The van der Waals surface area contributed by atoms with Crippen LogP contribution in [-0.2, 0) is 6.54 Å². The molecule has 168 valence electrons. The van der Waals surface area contributed by atoms with Crippen LogP contribution in [0.1, 0.15) is 52.2 Å². The Balaban J connectivity index is 1.80. The second-order valence-corrected chi connectivity index (χ2v) is 10.4. The number of hydrogen-bond donors (Lipinski definition) is 1. The van der Waals surface area contributed by atoms with Crippen molar-refractivity contribution in [2.75, 3.05) is 5.75 Å². The maximum Gasteiger partial charge on any atom is 0.261 e. The van der Waals surface area contributed by atoms with Gasteiger partial charge in [-0.25, -0.2) is 0 Å². The average molecular weight is 534 g/mol. The number of benzene rings is 1. The van der Waals surface area contributed by atoms with Crippen molar-refractivity contribution in [2.45, 2.75) is 38.0 Å². The van der Waals surface area contributed by atoms with Gasteiger partial charge >= 0.3 is 0 Å². The van der Waals surface area contributed by atoms with Crippen LogP contribution in [0.15, 0.2) is 64.1 Å². The third kappa shape index (κ3) is 6.40. The van der Waals surface area contributed by atoms with Crippen molar-refractivity contribution in [3.8, 4) is 0 Å². The summed E-state index contributed by atoms with van der Waals surface area (Å²) in [5, 5.41) is 14.3. The lowest BCUT2D eigenvalue weighted by atomic mass is 10.0. The van der Waals surface area contributed by atoms with E-state index in [4.69, 9.17) is 0 Å². The van der Waals surface area contributed by atoms with Crippen molar-refractivity contribution in [1.29, 1.82) is 0 Å². The minimum atomic E-state index is -0.298. The van der Waals surface area contributed by atoms with Crippen molar-refractivity contribution < 1.29 is 9.59 Å². The minimum Gasteiger partial charge on any atom is -0.341 e. The van der Waals surface area contributed by atoms with E-state index in [0.717, 1.165) is 10.9 Å². The Hall–Kier alpha value is -2.23. The summed E-state index contributed by atoms with van der Waals surface area (Å²) < 4.78 is 2.85. The molecule has 3 aromatic rings. The molecule has 1 atom stereocenters. The SMILES string of the molecule is C=CCn1c(SCC(=O)c2ccc(Br)cc2)nnc1[C@H](CC(C)C)NC(=O)c1cccs1. The van der Waals surface area contributed by atoms with Crippen molar-refractivity contribution >= 4 is 50.7 Å². The molecule has 9 heteroatoms. The second-order valence-electron chi connectivity index (χ2n) is 7.59. The van der Waals surface area contributed by atoms with Crippen LogP contribution < -0.4 is 5.32 Å². The predicted octanol–water partition coefficient (Wildman–Crippen LogP) is 5.78. The molecule has 2 aromatic heterocycles. The zero-order valence-corrected chi connectivity index (χ0v) is 21.2. The molecule has 0 spiro atoms. The van der Waals surface area contributed by atoms with E-state index in [1.165, 1.54) is 23.1 Å². The van der Waals surface area contributed by atoms with Gasteiger partial charge in [0.15, 0.2) is 16.8 Å². The molecule has 3 rings (SSSR count). The number of aromatic nitrogens is 3. The van der Waals surface area contributed by atoms with Gasteiger partial charge in [0.2, 0.25) is 0 Å². The van der Waals surface area contributed by atoms with Gasteiger partial charge in [0.1, 0.15) is 0 Å². The smallest absolute Gasteiger partial charge is 0.261 e. The first-order valence-electron chi connectivity index (χ1n) is 10.2. The lowest BCUT2D eigenvalue weighted by Gasteiger charge is -2.20. The largest absolute Gasteiger partial charge is 0.341 e. The summed E-state index contributed by atoms with van der Waals surface area (Å²) >= 11 is 6.12. The molecule has 0 radical (unpaired) electrons. The van der Waals surface area contributed by atoms with Gasteiger partial charge in [0.05, 0.1) is 16.7 Å². The molecule has 0 fully saturated rings. The van der Waals surface area contributed by atoms with Crippen molar-refractivity contribution in [1.82, 2.24) is 20.1 Å². The van der Waals surface area contributed by atoms with Crippen LogP contribution in [0.2, 0.25) is 0 Å². The Morgan fingerprint density at radius 3 is 2.62 bits per heavy atom. The Morgan fingerprint density at radius 2 is 2.00 bits per heavy atom. The van der Waals surface area contributed by atoms with Crippen LogP contribution in [0.25, 0.3) is 0 Å². The van der Waals surface area contributed by atoms with E-state index in [-0.39, 0.29) is 23.5 Å². The van der Waals surface area contributed by atoms with Crippen molar-refractivity contribution in [3.05, 3.63) is 75.2 Å². The molecule has 0 bridgehead atoms. The van der Waals surface area contributed by atoms with Gasteiger partial charge < -0.3 is 9.88 Å². The highest BCUT2D eigenvalue weighted by molar-refractivity contribution is 9.10. The Morgan fingerprint density at radius 1 is 1.25 bits per heavy atom. The third-order valence-corrected chi connectivity index (χ3v) is 6.99. The molecule has 0 aliphatic carbocycles. The number of rotatable bonds is 11.